The third-order valence-electron chi connectivity index (χ3n) is 2.86. The number of anilines is 1. The highest BCUT2D eigenvalue weighted by Gasteiger charge is 2.34. The molecule has 1 aromatic rings. The van der Waals surface area contributed by atoms with Crippen LogP contribution in [0.1, 0.15) is 26.7 Å². The lowest BCUT2D eigenvalue weighted by Gasteiger charge is -2.29. The van der Waals surface area contributed by atoms with E-state index in [0.717, 1.165) is 0 Å². The highest BCUT2D eigenvalue weighted by molar-refractivity contribution is 5.84. The Morgan fingerprint density at radius 1 is 1.53 bits per heavy atom. The van der Waals surface area contributed by atoms with Crippen LogP contribution in [0.2, 0.25) is 0 Å². The highest BCUT2D eigenvalue weighted by atomic mass is 19.1. The van der Waals surface area contributed by atoms with Crippen LogP contribution in [-0.2, 0) is 9.53 Å². The number of carbonyl (C=O) groups excluding carboxylic acids is 1. The summed E-state index contributed by atoms with van der Waals surface area (Å²) in [4.78, 5) is 12.0. The van der Waals surface area contributed by atoms with E-state index in [4.69, 9.17) is 4.74 Å². The molecule has 0 bridgehead atoms. The van der Waals surface area contributed by atoms with Crippen LogP contribution in [-0.4, -0.2) is 18.1 Å². The van der Waals surface area contributed by atoms with E-state index in [1.807, 2.05) is 0 Å². The molecule has 0 radical (unpaired) electrons. The summed E-state index contributed by atoms with van der Waals surface area (Å²) in [6.45, 7) is 7.39. The molecule has 0 saturated carbocycles. The standard InChI is InChI=1S/C15H20FNO2/c1-4-6-11-15(3,14(18)19-5-2)17-13-10-8-7-9-12(13)16/h4,7-10,17H,1,5-6,11H2,2-3H3. The minimum absolute atomic E-state index is 0.293. The molecule has 0 spiro atoms. The third kappa shape index (κ3) is 4.09. The fourth-order valence-corrected chi connectivity index (χ4v) is 1.76. The molecule has 1 aromatic carbocycles. The van der Waals surface area contributed by atoms with Gasteiger partial charge in [-0.05, 0) is 38.8 Å². The zero-order valence-corrected chi connectivity index (χ0v) is 11.4. The first-order valence-corrected chi connectivity index (χ1v) is 6.34. The molecule has 0 amide bonds. The summed E-state index contributed by atoms with van der Waals surface area (Å²) >= 11 is 0. The molecule has 19 heavy (non-hydrogen) atoms. The fourth-order valence-electron chi connectivity index (χ4n) is 1.76. The monoisotopic (exact) mass is 265 g/mol. The van der Waals surface area contributed by atoms with Gasteiger partial charge in [-0.1, -0.05) is 18.2 Å². The maximum absolute atomic E-state index is 13.7. The van der Waals surface area contributed by atoms with Gasteiger partial charge in [0.05, 0.1) is 12.3 Å². The lowest BCUT2D eigenvalue weighted by molar-refractivity contribution is -0.148. The van der Waals surface area contributed by atoms with Crippen LogP contribution in [0.15, 0.2) is 36.9 Å². The molecule has 1 unspecified atom stereocenters. The Morgan fingerprint density at radius 2 is 2.21 bits per heavy atom. The largest absolute Gasteiger partial charge is 0.464 e. The van der Waals surface area contributed by atoms with Crippen molar-refractivity contribution in [1.29, 1.82) is 0 Å². The second-order valence-electron chi connectivity index (χ2n) is 4.48. The number of hydrogen-bond acceptors (Lipinski definition) is 3. The molecule has 1 atom stereocenters. The van der Waals surface area contributed by atoms with E-state index in [0.29, 0.717) is 25.1 Å². The molecular formula is C15H20FNO2. The number of halogens is 1. The molecule has 0 aromatic heterocycles. The first-order valence-electron chi connectivity index (χ1n) is 6.34. The van der Waals surface area contributed by atoms with Crippen molar-refractivity contribution < 1.29 is 13.9 Å². The number of hydrogen-bond donors (Lipinski definition) is 1. The van der Waals surface area contributed by atoms with E-state index in [1.54, 1.807) is 38.1 Å². The van der Waals surface area contributed by atoms with Gasteiger partial charge in [0.15, 0.2) is 0 Å². The predicted molar refractivity (Wildman–Crippen MR) is 74.5 cm³/mol. The summed E-state index contributed by atoms with van der Waals surface area (Å²) in [5.41, 5.74) is -0.672. The first kappa shape index (κ1) is 15.2. The van der Waals surface area contributed by atoms with Gasteiger partial charge < -0.3 is 10.1 Å². The molecule has 1 rings (SSSR count). The molecular weight excluding hydrogens is 245 g/mol. The Labute approximate surface area is 113 Å². The number of carbonyl (C=O) groups is 1. The Bertz CT molecular complexity index is 448. The molecule has 1 N–H and O–H groups in total. The molecule has 0 saturated heterocycles. The molecule has 0 heterocycles. The molecule has 0 aliphatic rings. The summed E-state index contributed by atoms with van der Waals surface area (Å²) in [7, 11) is 0. The average molecular weight is 265 g/mol. The number of rotatable bonds is 7. The van der Waals surface area contributed by atoms with Crippen molar-refractivity contribution in [2.24, 2.45) is 0 Å². The van der Waals surface area contributed by atoms with Crippen LogP contribution < -0.4 is 5.32 Å². The van der Waals surface area contributed by atoms with Crippen LogP contribution in [0.5, 0.6) is 0 Å². The van der Waals surface area contributed by atoms with Gasteiger partial charge >= 0.3 is 5.97 Å². The fraction of sp³-hybridized carbons (Fsp3) is 0.400. The number of nitrogens with one attached hydrogen (secondary N) is 1. The van der Waals surface area contributed by atoms with Crippen LogP contribution in [0.4, 0.5) is 10.1 Å². The maximum atomic E-state index is 13.7. The summed E-state index contributed by atoms with van der Waals surface area (Å²) in [6.07, 6.45) is 2.85. The van der Waals surface area contributed by atoms with Gasteiger partial charge in [0, 0.05) is 0 Å². The quantitative estimate of drug-likeness (QED) is 0.605. The van der Waals surface area contributed by atoms with Gasteiger partial charge in [0.25, 0.3) is 0 Å². The number of esters is 1. The second-order valence-corrected chi connectivity index (χ2v) is 4.48. The molecule has 4 heteroatoms. The van der Waals surface area contributed by atoms with Gasteiger partial charge in [-0.2, -0.15) is 0 Å². The molecule has 0 fully saturated rings. The second kappa shape index (κ2) is 6.92. The van der Waals surface area contributed by atoms with Crippen LogP contribution in [0, 0.1) is 5.82 Å². The summed E-state index contributed by atoms with van der Waals surface area (Å²) in [6, 6.07) is 6.26. The van der Waals surface area contributed by atoms with E-state index in [-0.39, 0.29) is 5.97 Å². The molecule has 104 valence electrons. The molecule has 3 nitrogen and oxygen atoms in total. The zero-order valence-electron chi connectivity index (χ0n) is 11.4. The maximum Gasteiger partial charge on any atom is 0.331 e. The Hall–Kier alpha value is -1.84. The van der Waals surface area contributed by atoms with Crippen molar-refractivity contribution >= 4 is 11.7 Å². The van der Waals surface area contributed by atoms with Crippen LogP contribution in [0.25, 0.3) is 0 Å². The molecule has 0 aliphatic heterocycles. The Balaban J connectivity index is 2.93. The van der Waals surface area contributed by atoms with Crippen molar-refractivity contribution in [3.8, 4) is 0 Å². The first-order chi connectivity index (χ1) is 9.03. The smallest absolute Gasteiger partial charge is 0.331 e. The Kier molecular flexibility index (Phi) is 5.55. The average Bonchev–Trinajstić information content (AvgIpc) is 2.39. The van der Waals surface area contributed by atoms with Gasteiger partial charge in [-0.25, -0.2) is 9.18 Å². The number of benzene rings is 1. The van der Waals surface area contributed by atoms with E-state index < -0.39 is 11.4 Å². The van der Waals surface area contributed by atoms with Gasteiger partial charge in [-0.3, -0.25) is 0 Å². The number of allylic oxidation sites excluding steroid dienone is 1. The topological polar surface area (TPSA) is 38.3 Å². The summed E-state index contributed by atoms with van der Waals surface area (Å²) < 4.78 is 18.7. The van der Waals surface area contributed by atoms with E-state index >= 15 is 0 Å². The lowest BCUT2D eigenvalue weighted by atomic mass is 9.95. The number of ether oxygens (including phenoxy) is 1. The Morgan fingerprint density at radius 3 is 2.79 bits per heavy atom. The van der Waals surface area contributed by atoms with Gasteiger partial charge in [0.2, 0.25) is 0 Å². The molecule has 0 aliphatic carbocycles. The van der Waals surface area contributed by atoms with Crippen molar-refractivity contribution in [3.05, 3.63) is 42.7 Å². The lowest BCUT2D eigenvalue weighted by Crippen LogP contribution is -2.45. The van der Waals surface area contributed by atoms with Crippen molar-refractivity contribution in [1.82, 2.24) is 0 Å². The predicted octanol–water partition coefficient (Wildman–Crippen LogP) is 3.53. The highest BCUT2D eigenvalue weighted by Crippen LogP contribution is 2.24. The van der Waals surface area contributed by atoms with Crippen molar-refractivity contribution in [2.45, 2.75) is 32.2 Å². The minimum atomic E-state index is -0.966. The van der Waals surface area contributed by atoms with Crippen LogP contribution in [0.3, 0.4) is 0 Å². The zero-order chi connectivity index (χ0) is 14.3. The van der Waals surface area contributed by atoms with Gasteiger partial charge in [0.1, 0.15) is 11.4 Å². The van der Waals surface area contributed by atoms with Gasteiger partial charge in [-0.15, -0.1) is 6.58 Å². The SMILES string of the molecule is C=CCCC(C)(Nc1ccccc1F)C(=O)OCC. The van der Waals surface area contributed by atoms with Crippen LogP contribution >= 0.6 is 0 Å². The third-order valence-corrected chi connectivity index (χ3v) is 2.86. The summed E-state index contributed by atoms with van der Waals surface area (Å²) in [5.74, 6) is -0.781. The van der Waals surface area contributed by atoms with E-state index in [1.165, 1.54) is 6.07 Å². The normalized spacial score (nSPS) is 13.4. The summed E-state index contributed by atoms with van der Waals surface area (Å²) in [5, 5.41) is 2.95. The van der Waals surface area contributed by atoms with E-state index in [9.17, 15) is 9.18 Å². The number of para-hydroxylation sites is 1. The van der Waals surface area contributed by atoms with Crippen molar-refractivity contribution in [3.63, 3.8) is 0 Å². The minimum Gasteiger partial charge on any atom is -0.464 e. The van der Waals surface area contributed by atoms with Crippen molar-refractivity contribution in [2.75, 3.05) is 11.9 Å². The van der Waals surface area contributed by atoms with E-state index in [2.05, 4.69) is 11.9 Å².